The van der Waals surface area contributed by atoms with E-state index in [0.717, 1.165) is 11.1 Å². The summed E-state index contributed by atoms with van der Waals surface area (Å²) in [5.74, 6) is 0.184. The molecule has 6 rings (SSSR count). The van der Waals surface area contributed by atoms with Gasteiger partial charge in [-0.1, -0.05) is 48.5 Å². The lowest BCUT2D eigenvalue weighted by Crippen LogP contribution is -2.51. The lowest BCUT2D eigenvalue weighted by molar-refractivity contribution is -0.142. The molecule has 2 amide bonds. The van der Waals surface area contributed by atoms with Gasteiger partial charge in [0, 0.05) is 32.6 Å². The van der Waals surface area contributed by atoms with Crippen molar-refractivity contribution in [1.29, 1.82) is 0 Å². The molecular weight excluding hydrogens is 653 g/mol. The number of carbonyl (C=O) groups is 2. The first-order valence-electron chi connectivity index (χ1n) is 15.8. The third kappa shape index (κ3) is 8.55. The van der Waals surface area contributed by atoms with Gasteiger partial charge in [-0.15, -0.1) is 0 Å². The molecule has 1 fully saturated rings. The highest BCUT2D eigenvalue weighted by molar-refractivity contribution is 7.89. The number of fused-ring (bicyclic) bond motifs is 1. The van der Waals surface area contributed by atoms with Crippen LogP contribution in [0.3, 0.4) is 0 Å². The van der Waals surface area contributed by atoms with E-state index in [1.807, 2.05) is 36.4 Å². The van der Waals surface area contributed by atoms with Crippen molar-refractivity contribution in [1.82, 2.24) is 14.5 Å². The van der Waals surface area contributed by atoms with E-state index in [-0.39, 0.29) is 50.0 Å². The molecule has 13 heteroatoms. The van der Waals surface area contributed by atoms with Gasteiger partial charge in [-0.25, -0.2) is 12.8 Å². The van der Waals surface area contributed by atoms with Crippen LogP contribution >= 0.6 is 0 Å². The molecule has 256 valence electrons. The summed E-state index contributed by atoms with van der Waals surface area (Å²) in [5.41, 5.74) is 2.24. The summed E-state index contributed by atoms with van der Waals surface area (Å²) in [6.45, 7) is 1.09. The Hall–Kier alpha value is -4.98. The molecule has 1 N–H and O–H groups in total. The molecule has 1 saturated heterocycles. The zero-order valence-electron chi connectivity index (χ0n) is 26.6. The number of hydrogen-bond donors (Lipinski definition) is 1. The highest BCUT2D eigenvalue weighted by atomic mass is 32.2. The average molecular weight is 690 g/mol. The van der Waals surface area contributed by atoms with Gasteiger partial charge in [0.25, 0.3) is 5.91 Å². The zero-order valence-corrected chi connectivity index (χ0v) is 27.4. The Labute approximate surface area is 284 Å². The van der Waals surface area contributed by atoms with E-state index < -0.39 is 40.3 Å². The Kier molecular flexibility index (Phi) is 10.7. The van der Waals surface area contributed by atoms with Crippen LogP contribution in [0.25, 0.3) is 0 Å². The van der Waals surface area contributed by atoms with Gasteiger partial charge in [0.1, 0.15) is 17.6 Å². The summed E-state index contributed by atoms with van der Waals surface area (Å²) >= 11 is 0. The molecule has 2 heterocycles. The second-order valence-corrected chi connectivity index (χ2v) is 13.5. The largest absolute Gasteiger partial charge is 0.484 e. The number of benzene rings is 4. The van der Waals surface area contributed by atoms with E-state index in [4.69, 9.17) is 18.9 Å². The number of amides is 2. The predicted molar refractivity (Wildman–Crippen MR) is 177 cm³/mol. The number of nitrogens with one attached hydrogen (secondary N) is 1. The maximum Gasteiger partial charge on any atom is 0.261 e. The van der Waals surface area contributed by atoms with E-state index in [9.17, 15) is 22.4 Å². The van der Waals surface area contributed by atoms with Gasteiger partial charge in [-0.3, -0.25) is 9.59 Å². The third-order valence-corrected chi connectivity index (χ3v) is 10.1. The molecule has 2 aliphatic heterocycles. The fourth-order valence-electron chi connectivity index (χ4n) is 5.57. The Bertz CT molecular complexity index is 1850. The molecule has 0 unspecified atom stereocenters. The van der Waals surface area contributed by atoms with Crippen LogP contribution in [-0.4, -0.2) is 75.2 Å². The van der Waals surface area contributed by atoms with Gasteiger partial charge in [-0.2, -0.15) is 4.31 Å². The number of ether oxygens (including phenoxy) is 4. The highest BCUT2D eigenvalue weighted by Crippen LogP contribution is 2.32. The smallest absolute Gasteiger partial charge is 0.261 e. The number of sulfonamides is 1. The molecule has 1 atom stereocenters. The quantitative estimate of drug-likeness (QED) is 0.224. The minimum absolute atomic E-state index is 0.00808. The average Bonchev–Trinajstić information content (AvgIpc) is 3.61. The van der Waals surface area contributed by atoms with E-state index in [0.29, 0.717) is 30.3 Å². The number of morpholine rings is 1. The molecule has 0 aliphatic carbocycles. The lowest BCUT2D eigenvalue weighted by atomic mass is 10.0. The molecule has 49 heavy (non-hydrogen) atoms. The van der Waals surface area contributed by atoms with E-state index in [1.54, 1.807) is 24.3 Å². The Morgan fingerprint density at radius 3 is 2.29 bits per heavy atom. The summed E-state index contributed by atoms with van der Waals surface area (Å²) in [6.07, 6.45) is 0.203. The highest BCUT2D eigenvalue weighted by Gasteiger charge is 2.31. The van der Waals surface area contributed by atoms with E-state index in [1.165, 1.54) is 45.6 Å². The number of carbonyl (C=O) groups excluding carboxylic acids is 2. The minimum atomic E-state index is -3.70. The first kappa shape index (κ1) is 33.9. The Morgan fingerprint density at radius 1 is 0.857 bits per heavy atom. The standard InChI is InChI=1S/C36H36FN3O8S/c37-29-9-6-27(7-10-29)23-40(35(41)24-46-30-11-13-31(14-12-30)49(43,44)39-16-18-45-19-17-39)32(20-26-4-2-1-3-5-26)36(42)38-22-28-8-15-33-34(21-28)48-25-47-33/h1-15,21,32H,16-20,22-25H2,(H,38,42)/t32-/m1/s1. The van der Waals surface area contributed by atoms with Gasteiger partial charge in [0.05, 0.1) is 18.1 Å². The first-order chi connectivity index (χ1) is 23.8. The SMILES string of the molecule is O=C(NCc1ccc2c(c1)OCO2)[C@@H](Cc1ccccc1)N(Cc1ccc(F)cc1)C(=O)COc1ccc(S(=O)(=O)N2CCOCC2)cc1. The monoisotopic (exact) mass is 689 g/mol. The van der Waals surface area contributed by atoms with Crippen LogP contribution in [0.5, 0.6) is 17.2 Å². The Morgan fingerprint density at radius 2 is 1.55 bits per heavy atom. The maximum atomic E-state index is 14.0. The fraction of sp³-hybridized carbons (Fsp3) is 0.278. The molecule has 4 aromatic rings. The van der Waals surface area contributed by atoms with Crippen molar-refractivity contribution < 1.29 is 41.3 Å². The van der Waals surface area contributed by atoms with Crippen LogP contribution in [0, 0.1) is 5.82 Å². The van der Waals surface area contributed by atoms with Crippen LogP contribution in [0.15, 0.2) is 102 Å². The van der Waals surface area contributed by atoms with Gasteiger partial charge in [0.2, 0.25) is 22.7 Å². The summed E-state index contributed by atoms with van der Waals surface area (Å²) in [6, 6.07) is 25.3. The van der Waals surface area contributed by atoms with Gasteiger partial charge < -0.3 is 29.2 Å². The molecular formula is C36H36FN3O8S. The normalized spacial score (nSPS) is 15.0. The molecule has 0 spiro atoms. The molecule has 0 saturated carbocycles. The molecule has 0 radical (unpaired) electrons. The second-order valence-electron chi connectivity index (χ2n) is 11.5. The molecule has 2 aliphatic rings. The number of nitrogens with zero attached hydrogens (tertiary/aromatic N) is 2. The van der Waals surface area contributed by atoms with Gasteiger partial charge in [-0.05, 0) is 65.2 Å². The van der Waals surface area contributed by atoms with Crippen LogP contribution in [-0.2, 0) is 43.9 Å². The molecule has 11 nitrogen and oxygen atoms in total. The number of halogens is 1. The minimum Gasteiger partial charge on any atom is -0.484 e. The lowest BCUT2D eigenvalue weighted by Gasteiger charge is -2.31. The van der Waals surface area contributed by atoms with Crippen LogP contribution in [0.4, 0.5) is 4.39 Å². The number of rotatable bonds is 13. The zero-order chi connectivity index (χ0) is 34.2. The topological polar surface area (TPSA) is 124 Å². The van der Waals surface area contributed by atoms with Gasteiger partial charge in [0.15, 0.2) is 18.1 Å². The molecule has 4 aromatic carbocycles. The van der Waals surface area contributed by atoms with Crippen molar-refractivity contribution in [2.75, 3.05) is 39.7 Å². The summed E-state index contributed by atoms with van der Waals surface area (Å²) in [7, 11) is -3.70. The van der Waals surface area contributed by atoms with Crippen LogP contribution in [0.1, 0.15) is 16.7 Å². The van der Waals surface area contributed by atoms with Crippen LogP contribution < -0.4 is 19.5 Å². The van der Waals surface area contributed by atoms with Crippen molar-refractivity contribution in [3.8, 4) is 17.2 Å². The van der Waals surface area contributed by atoms with Crippen molar-refractivity contribution in [2.45, 2.75) is 30.4 Å². The van der Waals surface area contributed by atoms with Crippen molar-refractivity contribution in [3.63, 3.8) is 0 Å². The fourth-order valence-corrected chi connectivity index (χ4v) is 6.98. The van der Waals surface area contributed by atoms with E-state index >= 15 is 0 Å². The van der Waals surface area contributed by atoms with E-state index in [2.05, 4.69) is 5.32 Å². The summed E-state index contributed by atoms with van der Waals surface area (Å²) in [5, 5.41) is 2.96. The summed E-state index contributed by atoms with van der Waals surface area (Å²) < 4.78 is 63.2. The Balaban J connectivity index is 1.21. The van der Waals surface area contributed by atoms with Crippen molar-refractivity contribution >= 4 is 21.8 Å². The van der Waals surface area contributed by atoms with Gasteiger partial charge >= 0.3 is 0 Å². The van der Waals surface area contributed by atoms with Crippen molar-refractivity contribution in [2.24, 2.45) is 0 Å². The second kappa shape index (κ2) is 15.5. The predicted octanol–water partition coefficient (Wildman–Crippen LogP) is 3.91. The third-order valence-electron chi connectivity index (χ3n) is 8.23. The molecule has 0 aromatic heterocycles. The van der Waals surface area contributed by atoms with Crippen LogP contribution in [0.2, 0.25) is 0 Å². The van der Waals surface area contributed by atoms with Crippen molar-refractivity contribution in [3.05, 3.63) is 120 Å². The first-order valence-corrected chi connectivity index (χ1v) is 17.2. The summed E-state index contributed by atoms with van der Waals surface area (Å²) in [4.78, 5) is 29.4. The number of hydrogen-bond acceptors (Lipinski definition) is 8. The molecule has 0 bridgehead atoms. The maximum absolute atomic E-state index is 14.0.